The summed E-state index contributed by atoms with van der Waals surface area (Å²) in [6, 6.07) is 2.06. The summed E-state index contributed by atoms with van der Waals surface area (Å²) in [6.45, 7) is 8.59. The van der Waals surface area contributed by atoms with Crippen LogP contribution in [0.1, 0.15) is 24.7 Å². The van der Waals surface area contributed by atoms with E-state index in [9.17, 15) is 8.42 Å². The minimum Gasteiger partial charge on any atom is -0.357 e. The molecular weight excluding hydrogens is 429 g/mol. The van der Waals surface area contributed by atoms with Gasteiger partial charge in [-0.3, -0.25) is 9.67 Å². The van der Waals surface area contributed by atoms with Gasteiger partial charge in [0.15, 0.2) is 5.96 Å². The van der Waals surface area contributed by atoms with E-state index in [1.165, 1.54) is 6.26 Å². The monoisotopic (exact) mass is 457 g/mol. The molecule has 0 amide bonds. The fourth-order valence-corrected chi connectivity index (χ4v) is 2.48. The Morgan fingerprint density at radius 1 is 1.35 bits per heavy atom. The van der Waals surface area contributed by atoms with E-state index < -0.39 is 9.84 Å². The number of aliphatic imine (C=N–C) groups is 1. The molecule has 0 aromatic carbocycles. The van der Waals surface area contributed by atoms with Crippen LogP contribution in [0.4, 0.5) is 0 Å². The molecule has 1 rings (SSSR count). The van der Waals surface area contributed by atoms with Crippen LogP contribution in [-0.2, 0) is 16.4 Å². The Balaban J connectivity index is 0.00000484. The molecule has 1 aromatic rings. The molecule has 0 saturated heterocycles. The van der Waals surface area contributed by atoms with Gasteiger partial charge in [0.2, 0.25) is 0 Å². The van der Waals surface area contributed by atoms with E-state index in [-0.39, 0.29) is 29.7 Å². The lowest BCUT2D eigenvalue weighted by Gasteiger charge is -2.10. The Morgan fingerprint density at radius 3 is 2.57 bits per heavy atom. The standard InChI is InChI=1S/C14H27N5O2S.HI/c1-5-15-14(17-8-10-22(4,20)21)16-7-6-9-19-13(3)11-12(2)18-19;/h11H,5-10H2,1-4H3,(H2,15,16,17);1H. The number of guanidine groups is 1. The number of aryl methyl sites for hydroxylation is 3. The normalized spacial score (nSPS) is 11.9. The van der Waals surface area contributed by atoms with Crippen LogP contribution in [0, 0.1) is 13.8 Å². The number of hydrogen-bond donors (Lipinski definition) is 2. The van der Waals surface area contributed by atoms with E-state index in [2.05, 4.69) is 26.8 Å². The molecule has 0 radical (unpaired) electrons. The molecule has 0 bridgehead atoms. The van der Waals surface area contributed by atoms with Crippen molar-refractivity contribution in [2.45, 2.75) is 33.7 Å². The maximum atomic E-state index is 11.1. The van der Waals surface area contributed by atoms with Crippen LogP contribution in [0.3, 0.4) is 0 Å². The Labute approximate surface area is 156 Å². The van der Waals surface area contributed by atoms with E-state index in [0.717, 1.165) is 30.9 Å². The SMILES string of the molecule is CCNC(=NCCCn1nc(C)cc1C)NCCS(C)(=O)=O.I. The second kappa shape index (κ2) is 10.8. The average Bonchev–Trinajstić information content (AvgIpc) is 2.71. The van der Waals surface area contributed by atoms with Crippen molar-refractivity contribution in [3.8, 4) is 0 Å². The second-order valence-electron chi connectivity index (χ2n) is 5.32. The van der Waals surface area contributed by atoms with Gasteiger partial charge in [0.1, 0.15) is 9.84 Å². The van der Waals surface area contributed by atoms with Gasteiger partial charge in [-0.05, 0) is 33.3 Å². The van der Waals surface area contributed by atoms with E-state index >= 15 is 0 Å². The average molecular weight is 457 g/mol. The van der Waals surface area contributed by atoms with E-state index in [0.29, 0.717) is 19.0 Å². The van der Waals surface area contributed by atoms with E-state index in [1.54, 1.807) is 0 Å². The van der Waals surface area contributed by atoms with Gasteiger partial charge in [-0.15, -0.1) is 24.0 Å². The number of sulfone groups is 1. The molecule has 134 valence electrons. The summed E-state index contributed by atoms with van der Waals surface area (Å²) in [7, 11) is -2.96. The molecule has 23 heavy (non-hydrogen) atoms. The van der Waals surface area contributed by atoms with Crippen LogP contribution in [0.25, 0.3) is 0 Å². The maximum absolute atomic E-state index is 11.1. The molecule has 0 aliphatic heterocycles. The van der Waals surface area contributed by atoms with Crippen molar-refractivity contribution in [2.24, 2.45) is 4.99 Å². The summed E-state index contributed by atoms with van der Waals surface area (Å²) in [5.41, 5.74) is 2.18. The zero-order valence-corrected chi connectivity index (χ0v) is 17.4. The van der Waals surface area contributed by atoms with Crippen molar-refractivity contribution in [3.05, 3.63) is 17.5 Å². The highest BCUT2D eigenvalue weighted by atomic mass is 127. The molecule has 9 heteroatoms. The molecule has 0 fully saturated rings. The number of nitrogens with zero attached hydrogens (tertiary/aromatic N) is 3. The molecule has 0 spiro atoms. The van der Waals surface area contributed by atoms with Crippen molar-refractivity contribution in [1.82, 2.24) is 20.4 Å². The fourth-order valence-electron chi connectivity index (χ4n) is 2.01. The minimum atomic E-state index is -2.96. The lowest BCUT2D eigenvalue weighted by Crippen LogP contribution is -2.39. The quantitative estimate of drug-likeness (QED) is 0.264. The summed E-state index contributed by atoms with van der Waals surface area (Å²) in [5.74, 6) is 0.753. The third kappa shape index (κ3) is 9.80. The first-order chi connectivity index (χ1) is 10.3. The Morgan fingerprint density at radius 2 is 2.04 bits per heavy atom. The molecule has 0 atom stereocenters. The highest BCUT2D eigenvalue weighted by molar-refractivity contribution is 14.0. The van der Waals surface area contributed by atoms with Crippen molar-refractivity contribution >= 4 is 39.8 Å². The summed E-state index contributed by atoms with van der Waals surface area (Å²) in [6.07, 6.45) is 2.11. The molecular formula is C14H28IN5O2S. The van der Waals surface area contributed by atoms with Crippen LogP contribution in [-0.4, -0.2) is 55.8 Å². The van der Waals surface area contributed by atoms with Gasteiger partial charge < -0.3 is 10.6 Å². The predicted molar refractivity (Wildman–Crippen MR) is 105 cm³/mol. The number of nitrogens with one attached hydrogen (secondary N) is 2. The second-order valence-corrected chi connectivity index (χ2v) is 7.58. The van der Waals surface area contributed by atoms with Gasteiger partial charge in [-0.25, -0.2) is 8.42 Å². The molecule has 0 aliphatic rings. The molecule has 0 aliphatic carbocycles. The zero-order chi connectivity index (χ0) is 16.6. The van der Waals surface area contributed by atoms with Gasteiger partial charge >= 0.3 is 0 Å². The van der Waals surface area contributed by atoms with Crippen molar-refractivity contribution in [2.75, 3.05) is 31.6 Å². The van der Waals surface area contributed by atoms with Crippen LogP contribution in [0.5, 0.6) is 0 Å². The number of halogens is 1. The number of rotatable bonds is 8. The lowest BCUT2D eigenvalue weighted by molar-refractivity contribution is 0.567. The number of aromatic nitrogens is 2. The molecule has 0 saturated carbocycles. The molecule has 2 N–H and O–H groups in total. The summed E-state index contributed by atoms with van der Waals surface area (Å²) >= 11 is 0. The van der Waals surface area contributed by atoms with Gasteiger partial charge in [0, 0.05) is 38.1 Å². The van der Waals surface area contributed by atoms with E-state index in [1.807, 2.05) is 25.5 Å². The summed E-state index contributed by atoms with van der Waals surface area (Å²) in [4.78, 5) is 4.44. The first-order valence-corrected chi connectivity index (χ1v) is 9.59. The highest BCUT2D eigenvalue weighted by Crippen LogP contribution is 2.02. The van der Waals surface area contributed by atoms with Crippen molar-refractivity contribution < 1.29 is 8.42 Å². The van der Waals surface area contributed by atoms with Crippen molar-refractivity contribution in [3.63, 3.8) is 0 Å². The van der Waals surface area contributed by atoms with Gasteiger partial charge in [-0.1, -0.05) is 0 Å². The lowest BCUT2D eigenvalue weighted by atomic mass is 10.4. The zero-order valence-electron chi connectivity index (χ0n) is 14.3. The first kappa shape index (κ1) is 22.2. The van der Waals surface area contributed by atoms with Crippen LogP contribution in [0.2, 0.25) is 0 Å². The van der Waals surface area contributed by atoms with E-state index in [4.69, 9.17) is 0 Å². The Hall–Kier alpha value is -0.840. The van der Waals surface area contributed by atoms with Gasteiger partial charge in [0.25, 0.3) is 0 Å². The fraction of sp³-hybridized carbons (Fsp3) is 0.714. The third-order valence-corrected chi connectivity index (χ3v) is 3.96. The van der Waals surface area contributed by atoms with Crippen LogP contribution < -0.4 is 10.6 Å². The van der Waals surface area contributed by atoms with Crippen LogP contribution >= 0.6 is 24.0 Å². The molecule has 1 aromatic heterocycles. The number of hydrogen-bond acceptors (Lipinski definition) is 4. The largest absolute Gasteiger partial charge is 0.357 e. The Kier molecular flexibility index (Phi) is 10.4. The first-order valence-electron chi connectivity index (χ1n) is 7.53. The third-order valence-electron chi connectivity index (χ3n) is 3.01. The smallest absolute Gasteiger partial charge is 0.191 e. The minimum absolute atomic E-state index is 0. The predicted octanol–water partition coefficient (Wildman–Crippen LogP) is 1.11. The highest BCUT2D eigenvalue weighted by Gasteiger charge is 2.03. The van der Waals surface area contributed by atoms with Gasteiger partial charge in [-0.2, -0.15) is 5.10 Å². The topological polar surface area (TPSA) is 88.4 Å². The summed E-state index contributed by atoms with van der Waals surface area (Å²) < 4.78 is 24.2. The summed E-state index contributed by atoms with van der Waals surface area (Å²) in [5, 5.41) is 10.5. The van der Waals surface area contributed by atoms with Crippen molar-refractivity contribution in [1.29, 1.82) is 0 Å². The van der Waals surface area contributed by atoms with Crippen LogP contribution in [0.15, 0.2) is 11.1 Å². The molecule has 1 heterocycles. The Bertz CT molecular complexity index is 598. The maximum Gasteiger partial charge on any atom is 0.191 e. The molecule has 0 unspecified atom stereocenters. The van der Waals surface area contributed by atoms with Gasteiger partial charge in [0.05, 0.1) is 11.4 Å². The molecule has 7 nitrogen and oxygen atoms in total.